The van der Waals surface area contributed by atoms with E-state index in [1.165, 1.54) is 11.7 Å². The van der Waals surface area contributed by atoms with Gasteiger partial charge in [-0.15, -0.1) is 0 Å². The number of para-hydroxylation sites is 1. The SMILES string of the molecule is COc1nc(Cl)c(-c2ccccc2CBr)n(-c2ccccc2)c1=O. The average molecular weight is 406 g/mol. The summed E-state index contributed by atoms with van der Waals surface area (Å²) >= 11 is 9.91. The quantitative estimate of drug-likeness (QED) is 0.602. The van der Waals surface area contributed by atoms with Crippen molar-refractivity contribution in [3.05, 3.63) is 75.7 Å². The van der Waals surface area contributed by atoms with Crippen LogP contribution in [0.15, 0.2) is 59.4 Å². The molecule has 0 saturated carbocycles. The molecular formula is C18H14BrClN2O2. The minimum Gasteiger partial charge on any atom is -0.477 e. The molecule has 0 fully saturated rings. The molecule has 1 heterocycles. The van der Waals surface area contributed by atoms with Crippen molar-refractivity contribution in [2.45, 2.75) is 5.33 Å². The monoisotopic (exact) mass is 404 g/mol. The summed E-state index contributed by atoms with van der Waals surface area (Å²) in [5.74, 6) is -0.0380. The van der Waals surface area contributed by atoms with Gasteiger partial charge in [-0.25, -0.2) is 0 Å². The van der Waals surface area contributed by atoms with Gasteiger partial charge in [-0.1, -0.05) is 70.0 Å². The van der Waals surface area contributed by atoms with Crippen LogP contribution in [0, 0.1) is 0 Å². The smallest absolute Gasteiger partial charge is 0.318 e. The zero-order valence-corrected chi connectivity index (χ0v) is 15.2. The number of methoxy groups -OCH3 is 1. The fourth-order valence-electron chi connectivity index (χ4n) is 2.54. The molecule has 3 rings (SSSR count). The molecule has 0 radical (unpaired) electrons. The van der Waals surface area contributed by atoms with Crippen LogP contribution in [0.25, 0.3) is 16.9 Å². The molecular weight excluding hydrogens is 392 g/mol. The van der Waals surface area contributed by atoms with Gasteiger partial charge in [0, 0.05) is 16.6 Å². The number of halogens is 2. The molecule has 0 aliphatic heterocycles. The van der Waals surface area contributed by atoms with E-state index in [0.29, 0.717) is 16.7 Å². The summed E-state index contributed by atoms with van der Waals surface area (Å²) in [6.45, 7) is 0. The number of aromatic nitrogens is 2. The van der Waals surface area contributed by atoms with Crippen molar-refractivity contribution in [3.8, 4) is 22.8 Å². The van der Waals surface area contributed by atoms with Gasteiger partial charge in [0.05, 0.1) is 12.8 Å². The first kappa shape index (κ1) is 16.7. The highest BCUT2D eigenvalue weighted by molar-refractivity contribution is 9.08. The Labute approximate surface area is 152 Å². The predicted octanol–water partition coefficient (Wildman–Crippen LogP) is 4.46. The maximum absolute atomic E-state index is 12.9. The Kier molecular flexibility index (Phi) is 5.02. The van der Waals surface area contributed by atoms with Gasteiger partial charge in [0.2, 0.25) is 0 Å². The Morgan fingerprint density at radius 2 is 1.79 bits per heavy atom. The predicted molar refractivity (Wildman–Crippen MR) is 99.5 cm³/mol. The lowest BCUT2D eigenvalue weighted by molar-refractivity contribution is 0.389. The van der Waals surface area contributed by atoms with Gasteiger partial charge in [0.15, 0.2) is 5.15 Å². The van der Waals surface area contributed by atoms with Gasteiger partial charge in [-0.2, -0.15) is 4.98 Å². The lowest BCUT2D eigenvalue weighted by atomic mass is 10.1. The van der Waals surface area contributed by atoms with Gasteiger partial charge >= 0.3 is 5.56 Å². The molecule has 0 unspecified atom stereocenters. The van der Waals surface area contributed by atoms with E-state index in [-0.39, 0.29) is 16.6 Å². The fraction of sp³-hybridized carbons (Fsp3) is 0.111. The summed E-state index contributed by atoms with van der Waals surface area (Å²) in [7, 11) is 1.40. The van der Waals surface area contributed by atoms with E-state index in [1.54, 1.807) is 0 Å². The van der Waals surface area contributed by atoms with Gasteiger partial charge in [0.1, 0.15) is 0 Å². The number of rotatable bonds is 4. The van der Waals surface area contributed by atoms with E-state index in [0.717, 1.165) is 11.1 Å². The number of benzene rings is 2. The van der Waals surface area contributed by atoms with E-state index < -0.39 is 0 Å². The maximum atomic E-state index is 12.9. The molecule has 0 aliphatic carbocycles. The zero-order chi connectivity index (χ0) is 17.1. The molecule has 6 heteroatoms. The molecule has 0 spiro atoms. The van der Waals surface area contributed by atoms with Gasteiger partial charge in [-0.05, 0) is 17.7 Å². The third-order valence-corrected chi connectivity index (χ3v) is 4.50. The largest absolute Gasteiger partial charge is 0.477 e. The third kappa shape index (κ3) is 2.97. The first-order chi connectivity index (χ1) is 11.7. The molecule has 3 aromatic rings. The van der Waals surface area contributed by atoms with Crippen LogP contribution in [0.3, 0.4) is 0 Å². The Bertz CT molecular complexity index is 926. The van der Waals surface area contributed by atoms with Crippen molar-refractivity contribution in [1.82, 2.24) is 9.55 Å². The molecule has 0 atom stereocenters. The standard InChI is InChI=1S/C18H14BrClN2O2/c1-24-17-18(23)22(13-8-3-2-4-9-13)15(16(20)21-17)14-10-6-5-7-12(14)11-19/h2-10H,11H2,1H3. The third-order valence-electron chi connectivity index (χ3n) is 3.63. The van der Waals surface area contributed by atoms with E-state index in [9.17, 15) is 4.79 Å². The number of hydrogen-bond acceptors (Lipinski definition) is 3. The van der Waals surface area contributed by atoms with Crippen LogP contribution < -0.4 is 10.3 Å². The van der Waals surface area contributed by atoms with Crippen LogP contribution in [0.4, 0.5) is 0 Å². The van der Waals surface area contributed by atoms with Crippen molar-refractivity contribution in [1.29, 1.82) is 0 Å². The Morgan fingerprint density at radius 3 is 2.46 bits per heavy atom. The molecule has 0 bridgehead atoms. The second kappa shape index (κ2) is 7.20. The highest BCUT2D eigenvalue weighted by atomic mass is 79.9. The molecule has 0 N–H and O–H groups in total. The lowest BCUT2D eigenvalue weighted by Crippen LogP contribution is -2.23. The Balaban J connectivity index is 2.42. The van der Waals surface area contributed by atoms with E-state index in [4.69, 9.17) is 16.3 Å². The molecule has 0 aliphatic rings. The number of ether oxygens (including phenoxy) is 1. The lowest BCUT2D eigenvalue weighted by Gasteiger charge is -2.17. The minimum absolute atomic E-state index is 0.0380. The van der Waals surface area contributed by atoms with Gasteiger partial charge < -0.3 is 4.74 Å². The minimum atomic E-state index is -0.354. The summed E-state index contributed by atoms with van der Waals surface area (Å²) in [6, 6.07) is 17.0. The van der Waals surface area contributed by atoms with Crippen LogP contribution in [0.2, 0.25) is 5.15 Å². The second-order valence-corrected chi connectivity index (χ2v) is 5.95. The molecule has 4 nitrogen and oxygen atoms in total. The van der Waals surface area contributed by atoms with Crippen LogP contribution in [-0.4, -0.2) is 16.7 Å². The van der Waals surface area contributed by atoms with E-state index >= 15 is 0 Å². The highest BCUT2D eigenvalue weighted by Gasteiger charge is 2.20. The molecule has 24 heavy (non-hydrogen) atoms. The van der Waals surface area contributed by atoms with Crippen molar-refractivity contribution >= 4 is 27.5 Å². The van der Waals surface area contributed by atoms with Crippen molar-refractivity contribution in [2.75, 3.05) is 7.11 Å². The zero-order valence-electron chi connectivity index (χ0n) is 12.9. The summed E-state index contributed by atoms with van der Waals surface area (Å²) in [6.07, 6.45) is 0. The van der Waals surface area contributed by atoms with Crippen LogP contribution in [0.5, 0.6) is 5.88 Å². The summed E-state index contributed by atoms with van der Waals surface area (Å²) < 4.78 is 6.63. The summed E-state index contributed by atoms with van der Waals surface area (Å²) in [5, 5.41) is 0.845. The van der Waals surface area contributed by atoms with Crippen molar-refractivity contribution < 1.29 is 4.74 Å². The summed E-state index contributed by atoms with van der Waals surface area (Å²) in [5.41, 5.74) is 2.74. The van der Waals surface area contributed by atoms with Crippen molar-refractivity contribution in [3.63, 3.8) is 0 Å². The van der Waals surface area contributed by atoms with Crippen molar-refractivity contribution in [2.24, 2.45) is 0 Å². The topological polar surface area (TPSA) is 44.1 Å². The second-order valence-electron chi connectivity index (χ2n) is 5.03. The van der Waals surface area contributed by atoms with Gasteiger partial charge in [-0.3, -0.25) is 9.36 Å². The number of alkyl halides is 1. The molecule has 2 aromatic carbocycles. The molecule has 1 aromatic heterocycles. The Hall–Kier alpha value is -2.11. The average Bonchev–Trinajstić information content (AvgIpc) is 2.63. The van der Waals surface area contributed by atoms with E-state index in [2.05, 4.69) is 20.9 Å². The van der Waals surface area contributed by atoms with Crippen LogP contribution in [0.1, 0.15) is 5.56 Å². The first-order valence-corrected chi connectivity index (χ1v) is 8.73. The van der Waals surface area contributed by atoms with Gasteiger partial charge in [0.25, 0.3) is 5.88 Å². The number of hydrogen-bond donors (Lipinski definition) is 0. The first-order valence-electron chi connectivity index (χ1n) is 7.23. The summed E-state index contributed by atoms with van der Waals surface area (Å²) in [4.78, 5) is 17.0. The maximum Gasteiger partial charge on any atom is 0.318 e. The molecule has 0 saturated heterocycles. The number of nitrogens with zero attached hydrogens (tertiary/aromatic N) is 2. The van der Waals surface area contributed by atoms with E-state index in [1.807, 2.05) is 54.6 Å². The van der Waals surface area contributed by atoms with Crippen LogP contribution >= 0.6 is 27.5 Å². The molecule has 122 valence electrons. The molecule has 0 amide bonds. The van der Waals surface area contributed by atoms with Crippen LogP contribution in [-0.2, 0) is 5.33 Å². The highest BCUT2D eigenvalue weighted by Crippen LogP contribution is 2.32. The Morgan fingerprint density at radius 1 is 1.12 bits per heavy atom. The normalized spacial score (nSPS) is 10.6. The fourth-order valence-corrected chi connectivity index (χ4v) is 3.29.